The van der Waals surface area contributed by atoms with E-state index in [1.807, 2.05) is 0 Å². The number of carbonyl (C=O) groups is 1. The number of nitrogens with one attached hydrogen (secondary N) is 1. The number of hydrogen-bond donors (Lipinski definition) is 2. The number of nitrogens with two attached hydrogens (primary N) is 1. The molecule has 6 heteroatoms. The minimum atomic E-state index is -0.483. The fraction of sp³-hybridized carbons (Fsp3) is 0.917. The summed E-state index contributed by atoms with van der Waals surface area (Å²) >= 11 is 0. The van der Waals surface area contributed by atoms with Gasteiger partial charge in [-0.05, 0) is 12.8 Å². The van der Waals surface area contributed by atoms with Crippen molar-refractivity contribution in [2.24, 2.45) is 11.1 Å². The molecule has 0 radical (unpaired) electrons. The van der Waals surface area contributed by atoms with Crippen molar-refractivity contribution >= 4 is 5.91 Å². The molecule has 1 aliphatic heterocycles. The van der Waals surface area contributed by atoms with E-state index >= 15 is 0 Å². The number of amides is 1. The molecule has 6 nitrogen and oxygen atoms in total. The van der Waals surface area contributed by atoms with Crippen LogP contribution in [0.1, 0.15) is 12.8 Å². The maximum Gasteiger partial charge on any atom is 0.227 e. The SMILES string of the molecule is COCC(CNC(=O)C1(CN)CCOCC1)OC. The number of carbonyl (C=O) groups excluding carboxylic acids is 1. The molecule has 1 rings (SSSR count). The number of methoxy groups -OCH3 is 2. The summed E-state index contributed by atoms with van der Waals surface area (Å²) in [4.78, 5) is 12.2. The topological polar surface area (TPSA) is 82.8 Å². The second-order valence-electron chi connectivity index (χ2n) is 4.62. The molecule has 1 unspecified atom stereocenters. The summed E-state index contributed by atoms with van der Waals surface area (Å²) in [5, 5.41) is 2.90. The van der Waals surface area contributed by atoms with Gasteiger partial charge in [0, 0.05) is 40.5 Å². The van der Waals surface area contributed by atoms with Gasteiger partial charge in [0.2, 0.25) is 5.91 Å². The van der Waals surface area contributed by atoms with Crippen LogP contribution < -0.4 is 11.1 Å². The van der Waals surface area contributed by atoms with Gasteiger partial charge in [0.05, 0.1) is 18.1 Å². The monoisotopic (exact) mass is 260 g/mol. The van der Waals surface area contributed by atoms with Gasteiger partial charge in [-0.25, -0.2) is 0 Å². The molecule has 0 aromatic rings. The standard InChI is InChI=1S/C12H24N2O4/c1-16-8-10(17-2)7-14-11(15)12(9-13)3-5-18-6-4-12/h10H,3-9,13H2,1-2H3,(H,14,15). The second kappa shape index (κ2) is 7.68. The zero-order valence-corrected chi connectivity index (χ0v) is 11.2. The maximum absolute atomic E-state index is 12.2. The lowest BCUT2D eigenvalue weighted by molar-refractivity contribution is -0.136. The minimum absolute atomic E-state index is 0.00791. The summed E-state index contributed by atoms with van der Waals surface area (Å²) in [7, 11) is 3.21. The fourth-order valence-corrected chi connectivity index (χ4v) is 2.08. The average Bonchev–Trinajstić information content (AvgIpc) is 2.43. The van der Waals surface area contributed by atoms with Crippen LogP contribution in [0.25, 0.3) is 0 Å². The van der Waals surface area contributed by atoms with E-state index in [2.05, 4.69) is 5.32 Å². The molecule has 0 bridgehead atoms. The molecule has 1 amide bonds. The Hall–Kier alpha value is -0.690. The highest BCUT2D eigenvalue weighted by Gasteiger charge is 2.38. The lowest BCUT2D eigenvalue weighted by atomic mass is 9.79. The lowest BCUT2D eigenvalue weighted by Crippen LogP contribution is -2.51. The average molecular weight is 260 g/mol. The molecule has 106 valence electrons. The zero-order valence-electron chi connectivity index (χ0n) is 11.2. The van der Waals surface area contributed by atoms with Crippen LogP contribution in [0.15, 0.2) is 0 Å². The molecule has 1 heterocycles. The van der Waals surface area contributed by atoms with Crippen LogP contribution in [-0.4, -0.2) is 59.1 Å². The van der Waals surface area contributed by atoms with E-state index in [9.17, 15) is 4.79 Å². The molecule has 3 N–H and O–H groups in total. The van der Waals surface area contributed by atoms with Crippen molar-refractivity contribution in [1.29, 1.82) is 0 Å². The third-order valence-corrected chi connectivity index (χ3v) is 3.50. The molecule has 0 spiro atoms. The van der Waals surface area contributed by atoms with Gasteiger partial charge in [0.1, 0.15) is 0 Å². The quantitative estimate of drug-likeness (QED) is 0.646. The molecule has 0 aliphatic carbocycles. The molecule has 1 atom stereocenters. The normalized spacial score (nSPS) is 20.4. The lowest BCUT2D eigenvalue weighted by Gasteiger charge is -2.34. The van der Waals surface area contributed by atoms with Crippen LogP contribution in [0.2, 0.25) is 0 Å². The third kappa shape index (κ3) is 3.91. The number of hydrogen-bond acceptors (Lipinski definition) is 5. The first-order chi connectivity index (χ1) is 8.68. The van der Waals surface area contributed by atoms with Gasteiger partial charge < -0.3 is 25.3 Å². The summed E-state index contributed by atoms with van der Waals surface area (Å²) in [6.07, 6.45) is 1.22. The van der Waals surface area contributed by atoms with Crippen LogP contribution in [0.4, 0.5) is 0 Å². The maximum atomic E-state index is 12.2. The molecular weight excluding hydrogens is 236 g/mol. The molecule has 1 aliphatic rings. The highest BCUT2D eigenvalue weighted by molar-refractivity contribution is 5.83. The van der Waals surface area contributed by atoms with E-state index in [0.29, 0.717) is 45.8 Å². The second-order valence-corrected chi connectivity index (χ2v) is 4.62. The van der Waals surface area contributed by atoms with Crippen molar-refractivity contribution in [3.63, 3.8) is 0 Å². The Morgan fingerprint density at radius 2 is 2.11 bits per heavy atom. The predicted molar refractivity (Wildman–Crippen MR) is 67.2 cm³/mol. The fourth-order valence-electron chi connectivity index (χ4n) is 2.08. The van der Waals surface area contributed by atoms with E-state index in [1.54, 1.807) is 14.2 Å². The summed E-state index contributed by atoms with van der Waals surface area (Å²) in [5.74, 6) is -0.00791. The van der Waals surface area contributed by atoms with Crippen LogP contribution in [0, 0.1) is 5.41 Å². The molecule has 0 saturated carbocycles. The first kappa shape index (κ1) is 15.4. The predicted octanol–water partition coefficient (Wildman–Crippen LogP) is -0.480. The van der Waals surface area contributed by atoms with Crippen molar-refractivity contribution in [2.75, 3.05) is 47.1 Å². The van der Waals surface area contributed by atoms with Crippen LogP contribution in [0.5, 0.6) is 0 Å². The molecule has 0 aromatic carbocycles. The highest BCUT2D eigenvalue weighted by Crippen LogP contribution is 2.29. The van der Waals surface area contributed by atoms with E-state index in [4.69, 9.17) is 19.9 Å². The van der Waals surface area contributed by atoms with E-state index in [0.717, 1.165) is 0 Å². The van der Waals surface area contributed by atoms with Gasteiger partial charge in [0.25, 0.3) is 0 Å². The van der Waals surface area contributed by atoms with E-state index in [1.165, 1.54) is 0 Å². The molecule has 0 aromatic heterocycles. The smallest absolute Gasteiger partial charge is 0.227 e. The largest absolute Gasteiger partial charge is 0.382 e. The zero-order chi connectivity index (χ0) is 13.4. The van der Waals surface area contributed by atoms with Crippen molar-refractivity contribution in [1.82, 2.24) is 5.32 Å². The van der Waals surface area contributed by atoms with Gasteiger partial charge in [-0.1, -0.05) is 0 Å². The Kier molecular flexibility index (Phi) is 6.56. The Balaban J connectivity index is 2.46. The Bertz CT molecular complexity index is 254. The van der Waals surface area contributed by atoms with Gasteiger partial charge in [0.15, 0.2) is 0 Å². The summed E-state index contributed by atoms with van der Waals surface area (Å²) in [6, 6.07) is 0. The number of rotatable bonds is 7. The third-order valence-electron chi connectivity index (χ3n) is 3.50. The van der Waals surface area contributed by atoms with Gasteiger partial charge in [-0.3, -0.25) is 4.79 Å². The molecule has 18 heavy (non-hydrogen) atoms. The van der Waals surface area contributed by atoms with Gasteiger partial charge in [-0.15, -0.1) is 0 Å². The molecule has 1 saturated heterocycles. The molecular formula is C12H24N2O4. The van der Waals surface area contributed by atoms with Gasteiger partial charge >= 0.3 is 0 Å². The first-order valence-corrected chi connectivity index (χ1v) is 6.26. The van der Waals surface area contributed by atoms with E-state index in [-0.39, 0.29) is 12.0 Å². The Labute approximate surface area is 108 Å². The summed E-state index contributed by atoms with van der Waals surface area (Å²) in [6.45, 7) is 2.43. The Morgan fingerprint density at radius 1 is 1.44 bits per heavy atom. The van der Waals surface area contributed by atoms with Crippen molar-refractivity contribution in [3.8, 4) is 0 Å². The van der Waals surface area contributed by atoms with Crippen molar-refractivity contribution < 1.29 is 19.0 Å². The minimum Gasteiger partial charge on any atom is -0.382 e. The summed E-state index contributed by atoms with van der Waals surface area (Å²) < 4.78 is 15.5. The molecule has 1 fully saturated rings. The summed E-state index contributed by atoms with van der Waals surface area (Å²) in [5.41, 5.74) is 5.28. The van der Waals surface area contributed by atoms with Crippen LogP contribution >= 0.6 is 0 Å². The highest BCUT2D eigenvalue weighted by atomic mass is 16.5. The Morgan fingerprint density at radius 3 is 2.61 bits per heavy atom. The van der Waals surface area contributed by atoms with Gasteiger partial charge in [-0.2, -0.15) is 0 Å². The van der Waals surface area contributed by atoms with Crippen molar-refractivity contribution in [3.05, 3.63) is 0 Å². The number of ether oxygens (including phenoxy) is 3. The van der Waals surface area contributed by atoms with E-state index < -0.39 is 5.41 Å². The van der Waals surface area contributed by atoms with Crippen LogP contribution in [0.3, 0.4) is 0 Å². The van der Waals surface area contributed by atoms with Crippen LogP contribution in [-0.2, 0) is 19.0 Å². The van der Waals surface area contributed by atoms with Crippen molar-refractivity contribution in [2.45, 2.75) is 18.9 Å². The first-order valence-electron chi connectivity index (χ1n) is 6.26.